The zero-order valence-corrected chi connectivity index (χ0v) is 14.3. The third-order valence-electron chi connectivity index (χ3n) is 3.68. The summed E-state index contributed by atoms with van der Waals surface area (Å²) in [4.78, 5) is 0. The maximum absolute atomic E-state index is 6.49. The molecular formula is C17H10BrClOS. The Labute approximate surface area is 139 Å². The van der Waals surface area contributed by atoms with E-state index < -0.39 is 0 Å². The summed E-state index contributed by atoms with van der Waals surface area (Å²) in [6.07, 6.45) is 0. The first kappa shape index (κ1) is 13.4. The van der Waals surface area contributed by atoms with Gasteiger partial charge in [-0.1, -0.05) is 35.9 Å². The predicted octanol–water partition coefficient (Wildman–Crippen LogP) is 6.63. The molecule has 0 aliphatic rings. The van der Waals surface area contributed by atoms with Gasteiger partial charge in [-0.15, -0.1) is 11.3 Å². The van der Waals surface area contributed by atoms with Crippen LogP contribution in [0.5, 0.6) is 5.75 Å². The second-order valence-electron chi connectivity index (χ2n) is 4.87. The standard InChI is InChI=1S/C17H10BrClOS/c1-20-10-7-12(19)15-14(8-10)21-13-6-9-4-2-3-5-11(9)17(18)16(13)15/h2-8H,1H3. The fraction of sp³-hybridized carbons (Fsp3) is 0.0588. The molecule has 0 radical (unpaired) electrons. The molecule has 3 aromatic carbocycles. The lowest BCUT2D eigenvalue weighted by molar-refractivity contribution is 0.415. The van der Waals surface area contributed by atoms with Crippen LogP contribution in [0.15, 0.2) is 46.9 Å². The Morgan fingerprint density at radius 3 is 2.62 bits per heavy atom. The van der Waals surface area contributed by atoms with Gasteiger partial charge in [0.1, 0.15) is 5.75 Å². The molecule has 0 saturated carbocycles. The van der Waals surface area contributed by atoms with E-state index in [0.717, 1.165) is 25.3 Å². The fourth-order valence-corrected chi connectivity index (χ4v) is 5.19. The number of methoxy groups -OCH3 is 1. The molecule has 0 bridgehead atoms. The maximum atomic E-state index is 6.49. The number of ether oxygens (including phenoxy) is 1. The highest BCUT2D eigenvalue weighted by molar-refractivity contribution is 9.10. The highest BCUT2D eigenvalue weighted by Crippen LogP contribution is 2.45. The van der Waals surface area contributed by atoms with E-state index in [4.69, 9.17) is 16.3 Å². The molecule has 4 aromatic rings. The smallest absolute Gasteiger partial charge is 0.121 e. The van der Waals surface area contributed by atoms with Crippen molar-refractivity contribution in [1.82, 2.24) is 0 Å². The van der Waals surface area contributed by atoms with E-state index in [1.165, 1.54) is 20.9 Å². The average Bonchev–Trinajstić information content (AvgIpc) is 2.86. The van der Waals surface area contributed by atoms with E-state index in [1.807, 2.05) is 12.1 Å². The van der Waals surface area contributed by atoms with Crippen LogP contribution in [0, 0.1) is 0 Å². The topological polar surface area (TPSA) is 9.23 Å². The second kappa shape index (κ2) is 4.87. The maximum Gasteiger partial charge on any atom is 0.121 e. The summed E-state index contributed by atoms with van der Waals surface area (Å²) >= 11 is 12.0. The SMILES string of the molecule is COc1cc(Cl)c2c(c1)sc1cc3ccccc3c(Br)c12. The summed E-state index contributed by atoms with van der Waals surface area (Å²) in [6, 6.07) is 14.5. The molecule has 1 heterocycles. The molecule has 0 N–H and O–H groups in total. The highest BCUT2D eigenvalue weighted by Gasteiger charge is 2.15. The summed E-state index contributed by atoms with van der Waals surface area (Å²) < 4.78 is 8.79. The molecule has 0 aliphatic heterocycles. The molecule has 0 saturated heterocycles. The lowest BCUT2D eigenvalue weighted by Gasteiger charge is -2.05. The number of rotatable bonds is 1. The van der Waals surface area contributed by atoms with Crippen molar-refractivity contribution in [2.75, 3.05) is 7.11 Å². The van der Waals surface area contributed by atoms with Gasteiger partial charge in [-0.3, -0.25) is 0 Å². The molecule has 0 amide bonds. The van der Waals surface area contributed by atoms with Crippen LogP contribution in [0.4, 0.5) is 0 Å². The summed E-state index contributed by atoms with van der Waals surface area (Å²) in [7, 11) is 1.66. The van der Waals surface area contributed by atoms with Crippen molar-refractivity contribution in [2.45, 2.75) is 0 Å². The van der Waals surface area contributed by atoms with Crippen molar-refractivity contribution >= 4 is 69.8 Å². The molecule has 4 heteroatoms. The van der Waals surface area contributed by atoms with Gasteiger partial charge in [-0.2, -0.15) is 0 Å². The molecule has 4 rings (SSSR count). The molecule has 0 fully saturated rings. The highest BCUT2D eigenvalue weighted by atomic mass is 79.9. The number of fused-ring (bicyclic) bond motifs is 4. The van der Waals surface area contributed by atoms with Gasteiger partial charge < -0.3 is 4.74 Å². The normalized spacial score (nSPS) is 11.6. The van der Waals surface area contributed by atoms with E-state index in [-0.39, 0.29) is 0 Å². The van der Waals surface area contributed by atoms with E-state index in [1.54, 1.807) is 18.4 Å². The second-order valence-corrected chi connectivity index (χ2v) is 7.15. The third-order valence-corrected chi connectivity index (χ3v) is 5.89. The molecule has 0 spiro atoms. The monoisotopic (exact) mass is 376 g/mol. The van der Waals surface area contributed by atoms with Crippen molar-refractivity contribution in [2.24, 2.45) is 0 Å². The summed E-state index contributed by atoms with van der Waals surface area (Å²) in [5.74, 6) is 0.791. The zero-order chi connectivity index (χ0) is 14.6. The van der Waals surface area contributed by atoms with Gasteiger partial charge >= 0.3 is 0 Å². The first-order valence-corrected chi connectivity index (χ1v) is 8.45. The minimum absolute atomic E-state index is 0.728. The predicted molar refractivity (Wildman–Crippen MR) is 96.1 cm³/mol. The van der Waals surface area contributed by atoms with Crippen LogP contribution < -0.4 is 4.74 Å². The van der Waals surface area contributed by atoms with Crippen LogP contribution in [0.1, 0.15) is 0 Å². The van der Waals surface area contributed by atoms with Crippen molar-refractivity contribution in [3.63, 3.8) is 0 Å². The molecule has 0 unspecified atom stereocenters. The van der Waals surface area contributed by atoms with Gasteiger partial charge in [0.2, 0.25) is 0 Å². The van der Waals surface area contributed by atoms with E-state index in [9.17, 15) is 0 Å². The minimum Gasteiger partial charge on any atom is -0.497 e. The first-order chi connectivity index (χ1) is 10.2. The summed E-state index contributed by atoms with van der Waals surface area (Å²) in [5.41, 5.74) is 0. The van der Waals surface area contributed by atoms with Crippen LogP contribution in [0.25, 0.3) is 30.9 Å². The van der Waals surface area contributed by atoms with E-state index in [2.05, 4.69) is 46.3 Å². The molecule has 104 valence electrons. The summed E-state index contributed by atoms with van der Waals surface area (Å²) in [6.45, 7) is 0. The van der Waals surface area contributed by atoms with Gasteiger partial charge in [0.15, 0.2) is 0 Å². The summed E-state index contributed by atoms with van der Waals surface area (Å²) in [5, 5.41) is 5.44. The van der Waals surface area contributed by atoms with Gasteiger partial charge in [-0.05, 0) is 44.9 Å². The van der Waals surface area contributed by atoms with Crippen molar-refractivity contribution in [1.29, 1.82) is 0 Å². The Morgan fingerprint density at radius 2 is 1.81 bits per heavy atom. The van der Waals surface area contributed by atoms with Crippen LogP contribution in [0.2, 0.25) is 5.02 Å². The molecule has 1 aromatic heterocycles. The van der Waals surface area contributed by atoms with Gasteiger partial charge in [0.25, 0.3) is 0 Å². The fourth-order valence-electron chi connectivity index (χ4n) is 2.71. The molecule has 21 heavy (non-hydrogen) atoms. The largest absolute Gasteiger partial charge is 0.497 e. The number of hydrogen-bond acceptors (Lipinski definition) is 2. The van der Waals surface area contributed by atoms with Crippen LogP contribution >= 0.6 is 38.9 Å². The zero-order valence-electron chi connectivity index (χ0n) is 11.1. The average molecular weight is 378 g/mol. The number of benzene rings is 3. The lowest BCUT2D eigenvalue weighted by atomic mass is 10.1. The van der Waals surface area contributed by atoms with Gasteiger partial charge in [0, 0.05) is 24.6 Å². The number of hydrogen-bond donors (Lipinski definition) is 0. The molecular weight excluding hydrogens is 368 g/mol. The first-order valence-electron chi connectivity index (χ1n) is 6.46. The Bertz CT molecular complexity index is 1010. The van der Waals surface area contributed by atoms with Crippen molar-refractivity contribution < 1.29 is 4.74 Å². The lowest BCUT2D eigenvalue weighted by Crippen LogP contribution is -1.82. The van der Waals surface area contributed by atoms with Gasteiger partial charge in [0.05, 0.1) is 12.1 Å². The van der Waals surface area contributed by atoms with Crippen molar-refractivity contribution in [3.8, 4) is 5.75 Å². The molecule has 0 atom stereocenters. The van der Waals surface area contributed by atoms with Crippen LogP contribution in [-0.2, 0) is 0 Å². The third kappa shape index (κ3) is 1.95. The van der Waals surface area contributed by atoms with E-state index >= 15 is 0 Å². The Morgan fingerprint density at radius 1 is 1.05 bits per heavy atom. The van der Waals surface area contributed by atoms with Crippen LogP contribution in [0.3, 0.4) is 0 Å². The molecule has 1 nitrogen and oxygen atoms in total. The van der Waals surface area contributed by atoms with Crippen molar-refractivity contribution in [3.05, 3.63) is 52.0 Å². The van der Waals surface area contributed by atoms with Gasteiger partial charge in [-0.25, -0.2) is 0 Å². The molecule has 0 aliphatic carbocycles. The Kier molecular flexibility index (Phi) is 3.10. The minimum atomic E-state index is 0.728. The van der Waals surface area contributed by atoms with Crippen LogP contribution in [-0.4, -0.2) is 7.11 Å². The Balaban J connectivity index is 2.25. The number of thiophene rings is 1. The Hall–Kier alpha value is -1.29. The quantitative estimate of drug-likeness (QED) is 0.361. The number of halogens is 2. The van der Waals surface area contributed by atoms with E-state index in [0.29, 0.717) is 0 Å².